The van der Waals surface area contributed by atoms with E-state index in [1.807, 2.05) is 30.3 Å². The highest BCUT2D eigenvalue weighted by atomic mass is 79.9. The molecule has 0 aliphatic rings. The molecule has 0 aromatic heterocycles. The van der Waals surface area contributed by atoms with E-state index in [4.69, 9.17) is 0 Å². The van der Waals surface area contributed by atoms with Gasteiger partial charge in [-0.05, 0) is 16.7 Å². The van der Waals surface area contributed by atoms with Gasteiger partial charge in [-0.3, -0.25) is 10.1 Å². The SMILES string of the molecule is O=[N+]([O-])c1ccc(CBr)c(-c2ccccc2)c1. The highest BCUT2D eigenvalue weighted by Crippen LogP contribution is 2.29. The first-order chi connectivity index (χ1) is 8.22. The van der Waals surface area contributed by atoms with Crippen molar-refractivity contribution in [2.24, 2.45) is 0 Å². The minimum atomic E-state index is -0.371. The highest BCUT2D eigenvalue weighted by molar-refractivity contribution is 9.08. The van der Waals surface area contributed by atoms with Gasteiger partial charge in [0.1, 0.15) is 0 Å². The Kier molecular flexibility index (Phi) is 3.54. The Hall–Kier alpha value is -1.68. The number of halogens is 1. The predicted molar refractivity (Wildman–Crippen MR) is 71.2 cm³/mol. The van der Waals surface area contributed by atoms with Gasteiger partial charge in [-0.15, -0.1) is 0 Å². The van der Waals surface area contributed by atoms with Crippen LogP contribution in [0.4, 0.5) is 5.69 Å². The third kappa shape index (κ3) is 2.53. The van der Waals surface area contributed by atoms with E-state index >= 15 is 0 Å². The van der Waals surface area contributed by atoms with Gasteiger partial charge in [0.05, 0.1) is 4.92 Å². The van der Waals surface area contributed by atoms with Crippen molar-refractivity contribution in [3.8, 4) is 11.1 Å². The Labute approximate surface area is 107 Å². The molecule has 2 aromatic rings. The van der Waals surface area contributed by atoms with Crippen molar-refractivity contribution in [2.75, 3.05) is 0 Å². The van der Waals surface area contributed by atoms with Crippen LogP contribution in [0.2, 0.25) is 0 Å². The molecular weight excluding hydrogens is 282 g/mol. The number of alkyl halides is 1. The van der Waals surface area contributed by atoms with Gasteiger partial charge in [-0.2, -0.15) is 0 Å². The van der Waals surface area contributed by atoms with Crippen molar-refractivity contribution in [3.63, 3.8) is 0 Å². The Morgan fingerprint density at radius 2 is 1.82 bits per heavy atom. The summed E-state index contributed by atoms with van der Waals surface area (Å²) in [5.41, 5.74) is 3.05. The molecule has 0 N–H and O–H groups in total. The minimum Gasteiger partial charge on any atom is -0.258 e. The second-order valence-corrected chi connectivity index (χ2v) is 4.16. The molecule has 0 unspecified atom stereocenters. The summed E-state index contributed by atoms with van der Waals surface area (Å²) in [6.07, 6.45) is 0. The number of nitro groups is 1. The van der Waals surface area contributed by atoms with E-state index in [-0.39, 0.29) is 10.6 Å². The number of hydrogen-bond acceptors (Lipinski definition) is 2. The van der Waals surface area contributed by atoms with Crippen molar-refractivity contribution < 1.29 is 4.92 Å². The standard InChI is InChI=1S/C13H10BrNO2/c14-9-11-6-7-12(15(16)17)8-13(11)10-4-2-1-3-5-10/h1-8H,9H2. The number of hydrogen-bond donors (Lipinski definition) is 0. The van der Waals surface area contributed by atoms with Crippen LogP contribution in [-0.2, 0) is 5.33 Å². The maximum atomic E-state index is 10.8. The van der Waals surface area contributed by atoms with Gasteiger partial charge < -0.3 is 0 Å². The summed E-state index contributed by atoms with van der Waals surface area (Å²) in [6, 6.07) is 14.6. The molecule has 0 saturated carbocycles. The van der Waals surface area contributed by atoms with Gasteiger partial charge in [0, 0.05) is 17.5 Å². The Morgan fingerprint density at radius 1 is 1.12 bits per heavy atom. The van der Waals surface area contributed by atoms with Crippen LogP contribution in [0.3, 0.4) is 0 Å². The number of nitro benzene ring substituents is 1. The van der Waals surface area contributed by atoms with E-state index in [1.54, 1.807) is 12.1 Å². The van der Waals surface area contributed by atoms with Crippen LogP contribution in [0.1, 0.15) is 5.56 Å². The van der Waals surface area contributed by atoms with Crippen LogP contribution in [-0.4, -0.2) is 4.92 Å². The van der Waals surface area contributed by atoms with Crippen LogP contribution in [0, 0.1) is 10.1 Å². The summed E-state index contributed by atoms with van der Waals surface area (Å²) in [5.74, 6) is 0. The average Bonchev–Trinajstić information content (AvgIpc) is 2.39. The lowest BCUT2D eigenvalue weighted by Crippen LogP contribution is -1.92. The molecule has 0 heterocycles. The Morgan fingerprint density at radius 3 is 2.41 bits per heavy atom. The summed E-state index contributed by atoms with van der Waals surface area (Å²) in [6.45, 7) is 0. The quantitative estimate of drug-likeness (QED) is 0.484. The molecule has 0 radical (unpaired) electrons. The van der Waals surface area contributed by atoms with Crippen LogP contribution < -0.4 is 0 Å². The fourth-order valence-corrected chi connectivity index (χ4v) is 2.17. The molecule has 86 valence electrons. The Bertz CT molecular complexity index is 540. The normalized spacial score (nSPS) is 10.2. The topological polar surface area (TPSA) is 43.1 Å². The van der Waals surface area contributed by atoms with Gasteiger partial charge in [0.25, 0.3) is 5.69 Å². The van der Waals surface area contributed by atoms with Crippen LogP contribution in [0.25, 0.3) is 11.1 Å². The molecular formula is C13H10BrNO2. The molecule has 0 aliphatic carbocycles. The van der Waals surface area contributed by atoms with Crippen LogP contribution in [0.5, 0.6) is 0 Å². The van der Waals surface area contributed by atoms with Crippen molar-refractivity contribution in [1.29, 1.82) is 0 Å². The van der Waals surface area contributed by atoms with E-state index in [0.717, 1.165) is 16.7 Å². The second-order valence-electron chi connectivity index (χ2n) is 3.60. The number of non-ortho nitro benzene ring substituents is 1. The zero-order valence-electron chi connectivity index (χ0n) is 8.97. The summed E-state index contributed by atoms with van der Waals surface area (Å²) in [4.78, 5) is 10.4. The zero-order valence-corrected chi connectivity index (χ0v) is 10.6. The number of rotatable bonds is 3. The average molecular weight is 292 g/mol. The monoisotopic (exact) mass is 291 g/mol. The molecule has 0 amide bonds. The van der Waals surface area contributed by atoms with E-state index < -0.39 is 0 Å². The van der Waals surface area contributed by atoms with Crippen LogP contribution >= 0.6 is 15.9 Å². The molecule has 0 bridgehead atoms. The highest BCUT2D eigenvalue weighted by Gasteiger charge is 2.11. The summed E-state index contributed by atoms with van der Waals surface area (Å²) in [7, 11) is 0. The van der Waals surface area contributed by atoms with E-state index in [1.165, 1.54) is 6.07 Å². The molecule has 3 nitrogen and oxygen atoms in total. The first kappa shape index (κ1) is 11.8. The van der Waals surface area contributed by atoms with Crippen molar-refractivity contribution >= 4 is 21.6 Å². The molecule has 2 rings (SSSR count). The fourth-order valence-electron chi connectivity index (χ4n) is 1.68. The maximum absolute atomic E-state index is 10.8. The molecule has 0 spiro atoms. The van der Waals surface area contributed by atoms with Gasteiger partial charge in [-0.1, -0.05) is 52.3 Å². The minimum absolute atomic E-state index is 0.119. The van der Waals surface area contributed by atoms with Gasteiger partial charge in [0.15, 0.2) is 0 Å². The van der Waals surface area contributed by atoms with Crippen molar-refractivity contribution in [2.45, 2.75) is 5.33 Å². The predicted octanol–water partition coefficient (Wildman–Crippen LogP) is 4.16. The van der Waals surface area contributed by atoms with Crippen molar-refractivity contribution in [3.05, 3.63) is 64.2 Å². The molecule has 17 heavy (non-hydrogen) atoms. The molecule has 0 aliphatic heterocycles. The lowest BCUT2D eigenvalue weighted by Gasteiger charge is -2.07. The molecule has 4 heteroatoms. The third-order valence-corrected chi connectivity index (χ3v) is 3.14. The summed E-state index contributed by atoms with van der Waals surface area (Å²) < 4.78 is 0. The van der Waals surface area contributed by atoms with Crippen molar-refractivity contribution in [1.82, 2.24) is 0 Å². The van der Waals surface area contributed by atoms with E-state index in [9.17, 15) is 10.1 Å². The van der Waals surface area contributed by atoms with Crippen LogP contribution in [0.15, 0.2) is 48.5 Å². The zero-order chi connectivity index (χ0) is 12.3. The number of benzene rings is 2. The molecule has 0 saturated heterocycles. The lowest BCUT2D eigenvalue weighted by atomic mass is 10.00. The van der Waals surface area contributed by atoms with E-state index in [0.29, 0.717) is 5.33 Å². The molecule has 2 aromatic carbocycles. The first-order valence-corrected chi connectivity index (χ1v) is 6.23. The lowest BCUT2D eigenvalue weighted by molar-refractivity contribution is -0.384. The van der Waals surface area contributed by atoms with Gasteiger partial charge in [0.2, 0.25) is 0 Å². The molecule has 0 atom stereocenters. The second kappa shape index (κ2) is 5.10. The van der Waals surface area contributed by atoms with Gasteiger partial charge in [-0.25, -0.2) is 0 Å². The largest absolute Gasteiger partial charge is 0.270 e. The third-order valence-electron chi connectivity index (χ3n) is 2.53. The summed E-state index contributed by atoms with van der Waals surface area (Å²) >= 11 is 3.40. The number of nitrogens with zero attached hydrogens (tertiary/aromatic N) is 1. The molecule has 0 fully saturated rings. The smallest absolute Gasteiger partial charge is 0.258 e. The Balaban J connectivity index is 2.58. The first-order valence-electron chi connectivity index (χ1n) is 5.11. The van der Waals surface area contributed by atoms with E-state index in [2.05, 4.69) is 15.9 Å². The fraction of sp³-hybridized carbons (Fsp3) is 0.0769. The van der Waals surface area contributed by atoms with Gasteiger partial charge >= 0.3 is 0 Å². The summed E-state index contributed by atoms with van der Waals surface area (Å²) in [5, 5.41) is 11.5. The maximum Gasteiger partial charge on any atom is 0.270 e.